The zero-order valence-electron chi connectivity index (χ0n) is 19.4. The molecule has 9 nitrogen and oxygen atoms in total. The summed E-state index contributed by atoms with van der Waals surface area (Å²) in [5, 5.41) is 17.4. The van der Waals surface area contributed by atoms with Gasteiger partial charge in [0.2, 0.25) is 5.91 Å². The Morgan fingerprint density at radius 2 is 1.89 bits per heavy atom. The van der Waals surface area contributed by atoms with Crippen LogP contribution in [0, 0.1) is 5.92 Å². The maximum Gasteiger partial charge on any atom is 0.405 e. The number of rotatable bonds is 9. The van der Waals surface area contributed by atoms with Crippen LogP contribution in [0.1, 0.15) is 31.1 Å². The summed E-state index contributed by atoms with van der Waals surface area (Å²) in [6.07, 6.45) is 1.67. The number of H-pyrrole nitrogens is 1. The monoisotopic (exact) mass is 492 g/mol. The third-order valence-corrected chi connectivity index (χ3v) is 5.23. The molecular weight excluding hydrogens is 465 g/mol. The fourth-order valence-electron chi connectivity index (χ4n) is 3.40. The van der Waals surface area contributed by atoms with Gasteiger partial charge in [-0.1, -0.05) is 13.8 Å². The molecular formula is C23H27F3N6O3. The van der Waals surface area contributed by atoms with Crippen LogP contribution in [-0.4, -0.2) is 63.3 Å². The lowest BCUT2D eigenvalue weighted by Gasteiger charge is -2.23. The molecule has 2 amide bonds. The Labute approximate surface area is 199 Å². The van der Waals surface area contributed by atoms with E-state index >= 15 is 0 Å². The number of aromatic nitrogens is 3. The van der Waals surface area contributed by atoms with E-state index in [0.29, 0.717) is 33.4 Å². The van der Waals surface area contributed by atoms with Gasteiger partial charge in [-0.3, -0.25) is 14.6 Å². The van der Waals surface area contributed by atoms with Crippen LogP contribution >= 0.6 is 0 Å². The Morgan fingerprint density at radius 3 is 2.54 bits per heavy atom. The Balaban J connectivity index is 1.86. The number of nitrogens with zero attached hydrogens (tertiary/aromatic N) is 2. The van der Waals surface area contributed by atoms with Crippen LogP contribution in [0.2, 0.25) is 0 Å². The summed E-state index contributed by atoms with van der Waals surface area (Å²) in [6, 6.07) is 2.04. The second kappa shape index (κ2) is 10.7. The topological polar surface area (TPSA) is 132 Å². The predicted octanol–water partition coefficient (Wildman–Crippen LogP) is 2.85. The van der Waals surface area contributed by atoms with E-state index in [1.807, 2.05) is 5.32 Å². The number of nitrogens with one attached hydrogen (secondary N) is 4. The van der Waals surface area contributed by atoms with Crippen molar-refractivity contribution in [1.29, 1.82) is 0 Å². The second-order valence-electron chi connectivity index (χ2n) is 8.54. The van der Waals surface area contributed by atoms with Gasteiger partial charge < -0.3 is 26.0 Å². The number of fused-ring (bicyclic) bond motifs is 1. The number of carbonyl (C=O) groups excluding carboxylic acids is 2. The molecule has 2 unspecified atom stereocenters. The first kappa shape index (κ1) is 25.9. The number of aliphatic hydroxyl groups excluding tert-OH is 1. The number of amides is 2. The average molecular weight is 493 g/mol. The molecule has 3 heterocycles. The van der Waals surface area contributed by atoms with E-state index in [9.17, 15) is 22.8 Å². The Kier molecular flexibility index (Phi) is 7.95. The van der Waals surface area contributed by atoms with Gasteiger partial charge in [-0.05, 0) is 25.0 Å². The molecule has 0 fully saturated rings. The highest BCUT2D eigenvalue weighted by molar-refractivity contribution is 6.01. The van der Waals surface area contributed by atoms with Gasteiger partial charge in [-0.15, -0.1) is 0 Å². The highest BCUT2D eigenvalue weighted by Crippen LogP contribution is 2.30. The minimum Gasteiger partial charge on any atom is -0.394 e. The van der Waals surface area contributed by atoms with E-state index in [0.717, 1.165) is 0 Å². The minimum absolute atomic E-state index is 0.201. The molecule has 0 bridgehead atoms. The first-order valence-electron chi connectivity index (χ1n) is 10.9. The normalized spacial score (nSPS) is 13.5. The fraction of sp³-hybridized carbons (Fsp3) is 0.391. The molecule has 0 aliphatic rings. The molecule has 35 heavy (non-hydrogen) atoms. The predicted molar refractivity (Wildman–Crippen MR) is 125 cm³/mol. The van der Waals surface area contributed by atoms with E-state index in [4.69, 9.17) is 5.11 Å². The molecule has 3 rings (SSSR count). The van der Waals surface area contributed by atoms with Crippen molar-refractivity contribution in [3.63, 3.8) is 0 Å². The van der Waals surface area contributed by atoms with Crippen molar-refractivity contribution in [2.75, 3.05) is 18.5 Å². The van der Waals surface area contributed by atoms with Crippen LogP contribution in [0.15, 0.2) is 36.9 Å². The Morgan fingerprint density at radius 1 is 1.14 bits per heavy atom. The van der Waals surface area contributed by atoms with Crippen LogP contribution < -0.4 is 16.0 Å². The smallest absolute Gasteiger partial charge is 0.394 e. The van der Waals surface area contributed by atoms with E-state index in [-0.39, 0.29) is 18.4 Å². The third kappa shape index (κ3) is 6.69. The number of anilines is 1. The molecule has 12 heteroatoms. The zero-order chi connectivity index (χ0) is 25.8. The second-order valence-corrected chi connectivity index (χ2v) is 8.54. The summed E-state index contributed by atoms with van der Waals surface area (Å²) in [5.74, 6) is -1.45. The standard InChI is InChI=1S/C23H27F3N6O3/c1-12(2)19(22(35)30-11-23(24,25)26)32-16-4-14(6-27-8-16)18-9-29-20-17(18)5-15(7-28-20)21(34)31-13(3)10-33/h4-9,12-13,19,32-33H,10-11H2,1-3H3,(H,28,29)(H,30,35)(H,31,34). The SMILES string of the molecule is CC(CO)NC(=O)c1cnc2[nH]cc(-c3cncc(NC(C(=O)NCC(F)(F)F)C(C)C)c3)c2c1. The molecule has 188 valence electrons. The summed E-state index contributed by atoms with van der Waals surface area (Å²) in [4.78, 5) is 36.3. The quantitative estimate of drug-likeness (QED) is 0.312. The highest BCUT2D eigenvalue weighted by atomic mass is 19.4. The first-order valence-corrected chi connectivity index (χ1v) is 10.9. The number of halogens is 3. The van der Waals surface area contributed by atoms with Crippen LogP contribution in [0.4, 0.5) is 18.9 Å². The van der Waals surface area contributed by atoms with Gasteiger partial charge in [0, 0.05) is 47.3 Å². The molecule has 0 spiro atoms. The van der Waals surface area contributed by atoms with E-state index in [1.165, 1.54) is 12.4 Å². The van der Waals surface area contributed by atoms with Crippen molar-refractivity contribution in [3.05, 3.63) is 42.5 Å². The number of aromatic amines is 1. The Hall–Kier alpha value is -3.67. The summed E-state index contributed by atoms with van der Waals surface area (Å²) < 4.78 is 37.5. The minimum atomic E-state index is -4.51. The lowest BCUT2D eigenvalue weighted by molar-refractivity contribution is -0.139. The number of hydrogen-bond acceptors (Lipinski definition) is 6. The van der Waals surface area contributed by atoms with Crippen molar-refractivity contribution in [2.24, 2.45) is 5.92 Å². The van der Waals surface area contributed by atoms with Gasteiger partial charge in [0.15, 0.2) is 0 Å². The molecule has 0 aliphatic carbocycles. The molecule has 3 aromatic rings. The maximum absolute atomic E-state index is 12.5. The van der Waals surface area contributed by atoms with Gasteiger partial charge in [-0.25, -0.2) is 4.98 Å². The van der Waals surface area contributed by atoms with Crippen molar-refractivity contribution in [2.45, 2.75) is 39.0 Å². The van der Waals surface area contributed by atoms with E-state index in [2.05, 4.69) is 25.6 Å². The number of carbonyl (C=O) groups is 2. The van der Waals surface area contributed by atoms with Crippen molar-refractivity contribution < 1.29 is 27.9 Å². The van der Waals surface area contributed by atoms with Gasteiger partial charge in [0.25, 0.3) is 5.91 Å². The number of pyridine rings is 2. The summed E-state index contributed by atoms with van der Waals surface area (Å²) in [5.41, 5.74) is 2.62. The molecule has 5 N–H and O–H groups in total. The summed E-state index contributed by atoms with van der Waals surface area (Å²) >= 11 is 0. The number of hydrogen-bond donors (Lipinski definition) is 5. The van der Waals surface area contributed by atoms with Crippen molar-refractivity contribution in [1.82, 2.24) is 25.6 Å². The van der Waals surface area contributed by atoms with Gasteiger partial charge in [0.05, 0.1) is 17.9 Å². The van der Waals surface area contributed by atoms with Crippen molar-refractivity contribution in [3.8, 4) is 11.1 Å². The van der Waals surface area contributed by atoms with Crippen molar-refractivity contribution >= 4 is 28.5 Å². The third-order valence-electron chi connectivity index (χ3n) is 5.23. The number of aliphatic hydroxyl groups is 1. The van der Waals surface area contributed by atoms with Gasteiger partial charge in [-0.2, -0.15) is 13.2 Å². The van der Waals surface area contributed by atoms with Crippen LogP contribution in [-0.2, 0) is 4.79 Å². The van der Waals surface area contributed by atoms with Crippen LogP contribution in [0.5, 0.6) is 0 Å². The average Bonchev–Trinajstić information content (AvgIpc) is 3.23. The van der Waals surface area contributed by atoms with Crippen LogP contribution in [0.25, 0.3) is 22.2 Å². The molecule has 3 aromatic heterocycles. The Bertz CT molecular complexity index is 1190. The molecule has 0 saturated carbocycles. The molecule has 0 aromatic carbocycles. The highest BCUT2D eigenvalue weighted by Gasteiger charge is 2.30. The van der Waals surface area contributed by atoms with E-state index < -0.39 is 30.7 Å². The molecule has 0 saturated heterocycles. The van der Waals surface area contributed by atoms with E-state index in [1.54, 1.807) is 45.3 Å². The van der Waals surface area contributed by atoms with Crippen LogP contribution in [0.3, 0.4) is 0 Å². The lowest BCUT2D eigenvalue weighted by atomic mass is 10.0. The molecule has 0 radical (unpaired) electrons. The summed E-state index contributed by atoms with van der Waals surface area (Å²) in [7, 11) is 0. The van der Waals surface area contributed by atoms with Gasteiger partial charge >= 0.3 is 6.18 Å². The van der Waals surface area contributed by atoms with Gasteiger partial charge in [0.1, 0.15) is 18.2 Å². The molecule has 0 aliphatic heterocycles. The zero-order valence-corrected chi connectivity index (χ0v) is 19.4. The number of alkyl halides is 3. The maximum atomic E-state index is 12.5. The largest absolute Gasteiger partial charge is 0.405 e. The first-order chi connectivity index (χ1) is 16.5. The fourth-order valence-corrected chi connectivity index (χ4v) is 3.40. The lowest BCUT2D eigenvalue weighted by Crippen LogP contribution is -2.46. The molecule has 2 atom stereocenters. The summed E-state index contributed by atoms with van der Waals surface area (Å²) in [6.45, 7) is 3.50.